The molecule has 0 bridgehead atoms. The van der Waals surface area contributed by atoms with Gasteiger partial charge in [-0.1, -0.05) is 20.8 Å². The van der Waals surface area contributed by atoms with Gasteiger partial charge in [0.2, 0.25) is 0 Å². The van der Waals surface area contributed by atoms with Crippen LogP contribution >= 0.6 is 11.3 Å². The summed E-state index contributed by atoms with van der Waals surface area (Å²) in [4.78, 5) is 26.0. The van der Waals surface area contributed by atoms with E-state index < -0.39 is 5.91 Å². The highest BCUT2D eigenvalue weighted by atomic mass is 32.1. The number of fused-ring (bicyclic) bond motifs is 1. The summed E-state index contributed by atoms with van der Waals surface area (Å²) in [6.45, 7) is 6.82. The molecule has 2 aromatic heterocycles. The maximum absolute atomic E-state index is 12.3. The SMILES string of the molecule is CC(C)(C)C1CCc2sc(C(=O)NNC(=O)c3ccoc3)cc2C1. The summed E-state index contributed by atoms with van der Waals surface area (Å²) in [6, 6.07) is 3.51. The highest BCUT2D eigenvalue weighted by Crippen LogP contribution is 2.40. The van der Waals surface area contributed by atoms with Crippen LogP contribution in [0.2, 0.25) is 0 Å². The first kappa shape index (κ1) is 16.8. The van der Waals surface area contributed by atoms with Crippen LogP contribution in [0.4, 0.5) is 0 Å². The standard InChI is InChI=1S/C18H22N2O3S/c1-18(2,3)13-4-5-14-12(8-13)9-15(24-14)17(22)20-19-16(21)11-6-7-23-10-11/h6-7,9-10,13H,4-5,8H2,1-3H3,(H,19,21)(H,20,22). The Morgan fingerprint density at radius 2 is 2.00 bits per heavy atom. The molecule has 2 aromatic rings. The van der Waals surface area contributed by atoms with Crippen LogP contribution in [0.1, 0.15) is 57.7 Å². The number of furan rings is 1. The molecule has 0 radical (unpaired) electrons. The third-order valence-electron chi connectivity index (χ3n) is 4.60. The molecule has 0 saturated heterocycles. The lowest BCUT2D eigenvalue weighted by Gasteiger charge is -2.33. The summed E-state index contributed by atoms with van der Waals surface area (Å²) in [7, 11) is 0. The van der Waals surface area contributed by atoms with Gasteiger partial charge in [0.25, 0.3) is 11.8 Å². The molecule has 0 spiro atoms. The molecule has 5 nitrogen and oxygen atoms in total. The van der Waals surface area contributed by atoms with E-state index in [1.165, 1.54) is 40.4 Å². The molecule has 24 heavy (non-hydrogen) atoms. The first-order valence-electron chi connectivity index (χ1n) is 8.09. The summed E-state index contributed by atoms with van der Waals surface area (Å²) < 4.78 is 4.85. The van der Waals surface area contributed by atoms with Crippen molar-refractivity contribution in [1.82, 2.24) is 10.9 Å². The van der Waals surface area contributed by atoms with Crippen molar-refractivity contribution in [2.45, 2.75) is 40.0 Å². The third kappa shape index (κ3) is 3.53. The molecule has 0 aromatic carbocycles. The number of hydrogen-bond acceptors (Lipinski definition) is 4. The van der Waals surface area contributed by atoms with Crippen LogP contribution in [0.3, 0.4) is 0 Å². The van der Waals surface area contributed by atoms with Crippen molar-refractivity contribution in [3.05, 3.63) is 45.5 Å². The molecule has 0 aliphatic heterocycles. The Morgan fingerprint density at radius 3 is 2.67 bits per heavy atom. The molecule has 2 N–H and O–H groups in total. The van der Waals surface area contributed by atoms with Gasteiger partial charge >= 0.3 is 0 Å². The van der Waals surface area contributed by atoms with Crippen LogP contribution in [0.25, 0.3) is 0 Å². The first-order valence-corrected chi connectivity index (χ1v) is 8.90. The lowest BCUT2D eigenvalue weighted by Crippen LogP contribution is -2.41. The van der Waals surface area contributed by atoms with Gasteiger partial charge in [-0.2, -0.15) is 0 Å². The average molecular weight is 346 g/mol. The van der Waals surface area contributed by atoms with E-state index in [2.05, 4.69) is 31.6 Å². The fourth-order valence-electron chi connectivity index (χ4n) is 3.02. The molecule has 0 fully saturated rings. The van der Waals surface area contributed by atoms with Crippen LogP contribution in [-0.2, 0) is 12.8 Å². The van der Waals surface area contributed by atoms with E-state index in [0.29, 0.717) is 16.4 Å². The van der Waals surface area contributed by atoms with Crippen LogP contribution in [0.5, 0.6) is 0 Å². The normalized spacial score (nSPS) is 17.2. The Hall–Kier alpha value is -2.08. The second-order valence-corrected chi connectivity index (χ2v) is 8.42. The topological polar surface area (TPSA) is 71.3 Å². The number of amides is 2. The summed E-state index contributed by atoms with van der Waals surface area (Å²) in [5, 5.41) is 0. The zero-order chi connectivity index (χ0) is 17.3. The molecule has 1 aliphatic rings. The smallest absolute Gasteiger partial charge is 0.279 e. The molecule has 1 atom stereocenters. The summed E-state index contributed by atoms with van der Waals surface area (Å²) >= 11 is 1.52. The number of aryl methyl sites for hydroxylation is 1. The van der Waals surface area contributed by atoms with Crippen LogP contribution < -0.4 is 10.9 Å². The van der Waals surface area contributed by atoms with Crippen LogP contribution in [0, 0.1) is 11.3 Å². The van der Waals surface area contributed by atoms with E-state index >= 15 is 0 Å². The molecule has 6 heteroatoms. The lowest BCUT2D eigenvalue weighted by molar-refractivity contribution is 0.0848. The van der Waals surface area contributed by atoms with E-state index in [4.69, 9.17) is 4.42 Å². The molecule has 2 heterocycles. The number of hydrazine groups is 1. The monoisotopic (exact) mass is 346 g/mol. The summed E-state index contributed by atoms with van der Waals surface area (Å²) in [5.74, 6) is -0.0407. The zero-order valence-electron chi connectivity index (χ0n) is 14.1. The van der Waals surface area contributed by atoms with E-state index in [-0.39, 0.29) is 11.3 Å². The Labute approximate surface area is 145 Å². The quantitative estimate of drug-likeness (QED) is 0.817. The van der Waals surface area contributed by atoms with Crippen molar-refractivity contribution in [3.63, 3.8) is 0 Å². The van der Waals surface area contributed by atoms with Crippen molar-refractivity contribution in [3.8, 4) is 0 Å². The second-order valence-electron chi connectivity index (χ2n) is 7.29. The number of carbonyl (C=O) groups is 2. The van der Waals surface area contributed by atoms with Gasteiger partial charge in [-0.25, -0.2) is 0 Å². The van der Waals surface area contributed by atoms with Crippen LogP contribution in [-0.4, -0.2) is 11.8 Å². The Morgan fingerprint density at radius 1 is 1.25 bits per heavy atom. The molecule has 1 aliphatic carbocycles. The number of carbonyl (C=O) groups excluding carboxylic acids is 2. The largest absolute Gasteiger partial charge is 0.472 e. The number of hydrogen-bond donors (Lipinski definition) is 2. The van der Waals surface area contributed by atoms with Gasteiger partial charge in [0.05, 0.1) is 16.7 Å². The second kappa shape index (κ2) is 6.43. The number of thiophene rings is 1. The van der Waals surface area contributed by atoms with Gasteiger partial charge in [-0.3, -0.25) is 20.4 Å². The predicted octanol–water partition coefficient (Wildman–Crippen LogP) is 3.57. The van der Waals surface area contributed by atoms with Crippen molar-refractivity contribution in [2.75, 3.05) is 0 Å². The van der Waals surface area contributed by atoms with E-state index in [0.717, 1.165) is 19.3 Å². The average Bonchev–Trinajstić information content (AvgIpc) is 3.19. The van der Waals surface area contributed by atoms with Gasteiger partial charge in [-0.15, -0.1) is 11.3 Å². The Balaban J connectivity index is 1.63. The van der Waals surface area contributed by atoms with E-state index in [1.807, 2.05) is 6.07 Å². The summed E-state index contributed by atoms with van der Waals surface area (Å²) in [5.41, 5.74) is 6.80. The number of nitrogens with one attached hydrogen (secondary N) is 2. The fraction of sp³-hybridized carbons (Fsp3) is 0.444. The van der Waals surface area contributed by atoms with Crippen molar-refractivity contribution in [1.29, 1.82) is 0 Å². The molecule has 128 valence electrons. The minimum atomic E-state index is -0.397. The van der Waals surface area contributed by atoms with E-state index in [9.17, 15) is 9.59 Å². The van der Waals surface area contributed by atoms with Crippen molar-refractivity contribution in [2.24, 2.45) is 11.3 Å². The van der Waals surface area contributed by atoms with Gasteiger partial charge in [-0.05, 0) is 48.3 Å². The predicted molar refractivity (Wildman–Crippen MR) is 92.9 cm³/mol. The number of rotatable bonds is 2. The Bertz CT molecular complexity index is 741. The van der Waals surface area contributed by atoms with Crippen LogP contribution in [0.15, 0.2) is 29.1 Å². The van der Waals surface area contributed by atoms with E-state index in [1.54, 1.807) is 0 Å². The Kier molecular flexibility index (Phi) is 4.49. The molecule has 2 amide bonds. The highest BCUT2D eigenvalue weighted by Gasteiger charge is 2.30. The molecule has 1 unspecified atom stereocenters. The van der Waals surface area contributed by atoms with Crippen molar-refractivity contribution < 1.29 is 14.0 Å². The fourth-order valence-corrected chi connectivity index (χ4v) is 4.12. The minimum absolute atomic E-state index is 0.278. The van der Waals surface area contributed by atoms with Crippen molar-refractivity contribution >= 4 is 23.2 Å². The van der Waals surface area contributed by atoms with Gasteiger partial charge in [0, 0.05) is 4.88 Å². The van der Waals surface area contributed by atoms with Gasteiger partial charge in [0.15, 0.2) is 0 Å². The van der Waals surface area contributed by atoms with Gasteiger partial charge < -0.3 is 4.42 Å². The lowest BCUT2D eigenvalue weighted by atomic mass is 9.72. The minimum Gasteiger partial charge on any atom is -0.472 e. The maximum Gasteiger partial charge on any atom is 0.279 e. The zero-order valence-corrected chi connectivity index (χ0v) is 15.0. The molecular formula is C18H22N2O3S. The first-order chi connectivity index (χ1) is 11.3. The highest BCUT2D eigenvalue weighted by molar-refractivity contribution is 7.14. The third-order valence-corrected chi connectivity index (χ3v) is 5.84. The molecular weight excluding hydrogens is 324 g/mol. The maximum atomic E-state index is 12.3. The molecule has 0 saturated carbocycles. The summed E-state index contributed by atoms with van der Waals surface area (Å²) in [6.07, 6.45) is 5.95. The van der Waals surface area contributed by atoms with Gasteiger partial charge in [0.1, 0.15) is 6.26 Å². The molecule has 3 rings (SSSR count).